The smallest absolute Gasteiger partial charge is 1.00 e. The fraction of sp³-hybridized carbons (Fsp3) is 0. The number of halogens is 1. The van der Waals surface area contributed by atoms with Gasteiger partial charge in [-0.05, 0) is 0 Å². The second kappa shape index (κ2) is 8.08. The summed E-state index contributed by atoms with van der Waals surface area (Å²) in [7, 11) is -0.421. The molecule has 78 valence electrons. The average molecular weight is 259 g/mol. The SMILES string of the molecule is [CH2-]P(c1ccccc1)c1ccccc1.[Cl-].[Mg+2]. The summed E-state index contributed by atoms with van der Waals surface area (Å²) in [6.45, 7) is 4.24. The average Bonchev–Trinajstić information content (AvgIpc) is 2.30. The minimum atomic E-state index is -0.421. The molecule has 0 radical (unpaired) electrons. The molecule has 0 aliphatic carbocycles. The molecule has 0 spiro atoms. The van der Waals surface area contributed by atoms with Crippen LogP contribution in [0.25, 0.3) is 0 Å². The zero-order valence-corrected chi connectivity index (χ0v) is 12.1. The van der Waals surface area contributed by atoms with Gasteiger partial charge in [0.05, 0.1) is 0 Å². The van der Waals surface area contributed by atoms with Crippen molar-refractivity contribution in [3.8, 4) is 0 Å². The van der Waals surface area contributed by atoms with Crippen molar-refractivity contribution >= 4 is 41.6 Å². The van der Waals surface area contributed by atoms with Gasteiger partial charge in [0.1, 0.15) is 0 Å². The molecule has 0 N–H and O–H groups in total. The van der Waals surface area contributed by atoms with Crippen LogP contribution < -0.4 is 23.0 Å². The van der Waals surface area contributed by atoms with Crippen LogP contribution in [0, 0.1) is 6.66 Å². The van der Waals surface area contributed by atoms with Gasteiger partial charge < -0.3 is 19.1 Å². The Balaban J connectivity index is 0.00000112. The summed E-state index contributed by atoms with van der Waals surface area (Å²) < 4.78 is 0. The third-order valence-corrected chi connectivity index (χ3v) is 3.98. The Morgan fingerprint density at radius 3 is 1.31 bits per heavy atom. The molecule has 2 aromatic rings. The summed E-state index contributed by atoms with van der Waals surface area (Å²) >= 11 is 0. The Bertz CT molecular complexity index is 352. The molecule has 2 rings (SSSR count). The summed E-state index contributed by atoms with van der Waals surface area (Å²) in [5.41, 5.74) is 0. The molecular formula is C13H12ClMgP. The van der Waals surface area contributed by atoms with Gasteiger partial charge in [-0.3, -0.25) is 0 Å². The van der Waals surface area contributed by atoms with Crippen LogP contribution in [-0.4, -0.2) is 23.1 Å². The van der Waals surface area contributed by atoms with E-state index in [9.17, 15) is 0 Å². The quantitative estimate of drug-likeness (QED) is 0.389. The van der Waals surface area contributed by atoms with Crippen LogP contribution in [0.15, 0.2) is 60.7 Å². The van der Waals surface area contributed by atoms with E-state index in [0.29, 0.717) is 0 Å². The molecule has 2 aromatic carbocycles. The van der Waals surface area contributed by atoms with E-state index in [-0.39, 0.29) is 35.5 Å². The van der Waals surface area contributed by atoms with E-state index in [1.807, 2.05) is 12.1 Å². The maximum atomic E-state index is 4.24. The van der Waals surface area contributed by atoms with E-state index in [0.717, 1.165) is 0 Å². The van der Waals surface area contributed by atoms with Crippen LogP contribution in [0.2, 0.25) is 0 Å². The van der Waals surface area contributed by atoms with Crippen LogP contribution in [0.4, 0.5) is 0 Å². The van der Waals surface area contributed by atoms with Gasteiger partial charge in [0.2, 0.25) is 0 Å². The molecule has 0 unspecified atom stereocenters. The number of hydrogen-bond acceptors (Lipinski definition) is 0. The third-order valence-electron chi connectivity index (χ3n) is 2.14. The summed E-state index contributed by atoms with van der Waals surface area (Å²) in [4.78, 5) is 0. The van der Waals surface area contributed by atoms with Crippen LogP contribution >= 0.6 is 7.92 Å². The van der Waals surface area contributed by atoms with Crippen molar-refractivity contribution in [2.24, 2.45) is 0 Å². The van der Waals surface area contributed by atoms with Gasteiger partial charge in [0, 0.05) is 0 Å². The van der Waals surface area contributed by atoms with E-state index < -0.39 is 7.92 Å². The largest absolute Gasteiger partial charge is 2.00 e. The van der Waals surface area contributed by atoms with Crippen molar-refractivity contribution in [2.45, 2.75) is 0 Å². The summed E-state index contributed by atoms with van der Waals surface area (Å²) in [6, 6.07) is 20.9. The first-order valence-corrected chi connectivity index (χ1v) is 6.11. The van der Waals surface area contributed by atoms with Crippen molar-refractivity contribution in [3.05, 3.63) is 67.3 Å². The predicted molar refractivity (Wildman–Crippen MR) is 70.2 cm³/mol. The molecule has 0 aliphatic rings. The first-order chi connectivity index (χ1) is 6.88. The maximum Gasteiger partial charge on any atom is 2.00 e. The van der Waals surface area contributed by atoms with Crippen molar-refractivity contribution in [1.29, 1.82) is 0 Å². The standard InChI is InChI=1S/C13H12P.ClH.Mg/c1-14(12-8-4-2-5-9-12)13-10-6-3-7-11-13;;/h2-11H,1H2;1H;/q-1;;+2/p-1. The third kappa shape index (κ3) is 4.06. The normalized spacial score (nSPS) is 9.12. The van der Waals surface area contributed by atoms with Gasteiger partial charge >= 0.3 is 23.1 Å². The predicted octanol–water partition coefficient (Wildman–Crippen LogP) is -0.466. The minimum absolute atomic E-state index is 0. The monoisotopic (exact) mass is 258 g/mol. The number of rotatable bonds is 2. The van der Waals surface area contributed by atoms with Gasteiger partial charge in [-0.25, -0.2) is 7.92 Å². The molecule has 0 fully saturated rings. The van der Waals surface area contributed by atoms with Crippen molar-refractivity contribution < 1.29 is 12.4 Å². The molecule has 0 amide bonds. The molecule has 0 bridgehead atoms. The van der Waals surface area contributed by atoms with Crippen LogP contribution in [-0.2, 0) is 0 Å². The van der Waals surface area contributed by atoms with Crippen molar-refractivity contribution in [3.63, 3.8) is 0 Å². The van der Waals surface area contributed by atoms with E-state index >= 15 is 0 Å². The second-order valence-corrected chi connectivity index (χ2v) is 4.99. The minimum Gasteiger partial charge on any atom is -1.00 e. The first kappa shape index (κ1) is 15.9. The molecule has 16 heavy (non-hydrogen) atoms. The Hall–Kier alpha value is -0.0738. The van der Waals surface area contributed by atoms with E-state index in [2.05, 4.69) is 55.2 Å². The topological polar surface area (TPSA) is 0 Å². The van der Waals surface area contributed by atoms with Crippen LogP contribution in [0.1, 0.15) is 0 Å². The molecule has 3 heteroatoms. The molecule has 0 saturated heterocycles. The summed E-state index contributed by atoms with van der Waals surface area (Å²) in [5, 5.41) is 2.66. The van der Waals surface area contributed by atoms with Crippen LogP contribution in [0.5, 0.6) is 0 Å². The van der Waals surface area contributed by atoms with E-state index in [1.54, 1.807) is 0 Å². The zero-order valence-electron chi connectivity index (χ0n) is 9.01. The van der Waals surface area contributed by atoms with Crippen LogP contribution in [0.3, 0.4) is 0 Å². The molecule has 0 aromatic heterocycles. The molecule has 0 atom stereocenters. The Morgan fingerprint density at radius 2 is 1.00 bits per heavy atom. The fourth-order valence-corrected chi connectivity index (χ4v) is 2.73. The Kier molecular flexibility index (Phi) is 8.04. The molecule has 0 heterocycles. The number of benzene rings is 2. The van der Waals surface area contributed by atoms with Crippen molar-refractivity contribution in [2.75, 3.05) is 0 Å². The van der Waals surface area contributed by atoms with E-state index in [1.165, 1.54) is 10.6 Å². The summed E-state index contributed by atoms with van der Waals surface area (Å²) in [5.74, 6) is 0. The van der Waals surface area contributed by atoms with Gasteiger partial charge in [-0.15, -0.1) is 0 Å². The Labute approximate surface area is 121 Å². The van der Waals surface area contributed by atoms with Gasteiger partial charge in [0.25, 0.3) is 0 Å². The molecule has 0 nitrogen and oxygen atoms in total. The van der Waals surface area contributed by atoms with Crippen molar-refractivity contribution in [1.82, 2.24) is 0 Å². The second-order valence-electron chi connectivity index (χ2n) is 3.10. The summed E-state index contributed by atoms with van der Waals surface area (Å²) in [6.07, 6.45) is 0. The molecule has 0 saturated carbocycles. The molecular weight excluding hydrogens is 247 g/mol. The zero-order chi connectivity index (χ0) is 9.80. The Morgan fingerprint density at radius 1 is 0.688 bits per heavy atom. The van der Waals surface area contributed by atoms with E-state index in [4.69, 9.17) is 0 Å². The fourth-order valence-electron chi connectivity index (χ4n) is 1.36. The maximum absolute atomic E-state index is 4.24. The van der Waals surface area contributed by atoms with Gasteiger partial charge in [-0.1, -0.05) is 71.3 Å². The first-order valence-electron chi connectivity index (χ1n) is 4.58. The molecule has 0 aliphatic heterocycles. The number of hydrogen-bond donors (Lipinski definition) is 0. The van der Waals surface area contributed by atoms with Gasteiger partial charge in [0.15, 0.2) is 0 Å². The van der Waals surface area contributed by atoms with Gasteiger partial charge in [-0.2, -0.15) is 0 Å².